The lowest BCUT2D eigenvalue weighted by molar-refractivity contribution is 0.505. The summed E-state index contributed by atoms with van der Waals surface area (Å²) in [6.07, 6.45) is 1.75. The first-order valence-electron chi connectivity index (χ1n) is 4.85. The van der Waals surface area contributed by atoms with Crippen molar-refractivity contribution < 1.29 is 8.78 Å². The van der Waals surface area contributed by atoms with Crippen LogP contribution >= 0.6 is 0 Å². The number of rotatable bonds is 3. The highest BCUT2D eigenvalue weighted by atomic mass is 19.2. The number of halogens is 2. The van der Waals surface area contributed by atoms with Gasteiger partial charge in [-0.15, -0.1) is 0 Å². The van der Waals surface area contributed by atoms with Gasteiger partial charge in [0.15, 0.2) is 11.6 Å². The van der Waals surface area contributed by atoms with Crippen molar-refractivity contribution in [2.24, 2.45) is 5.73 Å². The maximum absolute atomic E-state index is 12.9. The largest absolute Gasteiger partial charge is 0.325 e. The van der Waals surface area contributed by atoms with Crippen molar-refractivity contribution in [1.29, 1.82) is 0 Å². The third-order valence-electron chi connectivity index (χ3n) is 2.23. The normalized spacial score (nSPS) is 10.7. The smallest absolute Gasteiger partial charge is 0.159 e. The topological polar surface area (TPSA) is 43.8 Å². The number of hydrogen-bond donors (Lipinski definition) is 1. The molecule has 0 aliphatic carbocycles. The Morgan fingerprint density at radius 1 is 1.19 bits per heavy atom. The molecule has 2 rings (SSSR count). The lowest BCUT2D eigenvalue weighted by Gasteiger charge is -2.02. The Morgan fingerprint density at radius 3 is 2.62 bits per heavy atom. The lowest BCUT2D eigenvalue weighted by Crippen LogP contribution is -2.04. The van der Waals surface area contributed by atoms with Crippen molar-refractivity contribution in [3.63, 3.8) is 0 Å². The molecule has 1 aromatic carbocycles. The maximum Gasteiger partial charge on any atom is 0.159 e. The first-order valence-corrected chi connectivity index (χ1v) is 4.85. The Kier molecular flexibility index (Phi) is 2.96. The highest BCUT2D eigenvalue weighted by molar-refractivity contribution is 5.18. The van der Waals surface area contributed by atoms with Crippen LogP contribution in [0.2, 0.25) is 0 Å². The third-order valence-corrected chi connectivity index (χ3v) is 2.23. The van der Waals surface area contributed by atoms with E-state index in [0.29, 0.717) is 18.7 Å². The summed E-state index contributed by atoms with van der Waals surface area (Å²) in [5.74, 6) is -1.68. The summed E-state index contributed by atoms with van der Waals surface area (Å²) in [6.45, 7) is 0.766. The van der Waals surface area contributed by atoms with Gasteiger partial charge >= 0.3 is 0 Å². The minimum Gasteiger partial charge on any atom is -0.325 e. The van der Waals surface area contributed by atoms with E-state index in [1.54, 1.807) is 16.9 Å². The van der Waals surface area contributed by atoms with Crippen LogP contribution in [-0.2, 0) is 13.1 Å². The van der Waals surface area contributed by atoms with Crippen molar-refractivity contribution in [2.75, 3.05) is 0 Å². The highest BCUT2D eigenvalue weighted by Gasteiger charge is 2.03. The molecule has 0 bridgehead atoms. The average Bonchev–Trinajstić information content (AvgIpc) is 2.71. The molecule has 0 aliphatic heterocycles. The molecule has 0 atom stereocenters. The second-order valence-electron chi connectivity index (χ2n) is 3.46. The Hall–Kier alpha value is -1.75. The van der Waals surface area contributed by atoms with E-state index in [9.17, 15) is 8.78 Å². The van der Waals surface area contributed by atoms with E-state index >= 15 is 0 Å². The summed E-state index contributed by atoms with van der Waals surface area (Å²) in [6, 6.07) is 5.60. The van der Waals surface area contributed by atoms with Crippen LogP contribution in [0.4, 0.5) is 8.78 Å². The average molecular weight is 223 g/mol. The molecular weight excluding hydrogens is 212 g/mol. The minimum atomic E-state index is -0.844. The zero-order valence-electron chi connectivity index (χ0n) is 8.53. The molecule has 3 nitrogen and oxygen atoms in total. The predicted molar refractivity (Wildman–Crippen MR) is 55.6 cm³/mol. The molecule has 2 aromatic rings. The number of hydrogen-bond acceptors (Lipinski definition) is 2. The summed E-state index contributed by atoms with van der Waals surface area (Å²) >= 11 is 0. The predicted octanol–water partition coefficient (Wildman–Crippen LogP) is 1.67. The van der Waals surface area contributed by atoms with E-state index in [4.69, 9.17) is 5.73 Å². The Bertz CT molecular complexity index is 494. The van der Waals surface area contributed by atoms with Crippen molar-refractivity contribution in [1.82, 2.24) is 9.78 Å². The van der Waals surface area contributed by atoms with Gasteiger partial charge in [-0.05, 0) is 23.8 Å². The van der Waals surface area contributed by atoms with Gasteiger partial charge in [0.1, 0.15) is 0 Å². The Labute approximate surface area is 91.5 Å². The number of nitrogens with two attached hydrogens (primary N) is 1. The summed E-state index contributed by atoms with van der Waals surface area (Å²) in [7, 11) is 0. The Balaban J connectivity index is 2.17. The van der Waals surface area contributed by atoms with Crippen LogP contribution in [0.3, 0.4) is 0 Å². The molecule has 0 unspecified atom stereocenters. The van der Waals surface area contributed by atoms with E-state index in [1.807, 2.05) is 0 Å². The second-order valence-corrected chi connectivity index (χ2v) is 3.46. The molecular formula is C11H11F2N3. The highest BCUT2D eigenvalue weighted by Crippen LogP contribution is 2.10. The van der Waals surface area contributed by atoms with Gasteiger partial charge in [-0.3, -0.25) is 4.68 Å². The minimum absolute atomic E-state index is 0.366. The molecule has 1 aromatic heterocycles. The Morgan fingerprint density at radius 2 is 2.00 bits per heavy atom. The second kappa shape index (κ2) is 4.40. The molecule has 16 heavy (non-hydrogen) atoms. The summed E-state index contributed by atoms with van der Waals surface area (Å²) in [5.41, 5.74) is 6.84. The van der Waals surface area contributed by atoms with Crippen molar-refractivity contribution >= 4 is 0 Å². The van der Waals surface area contributed by atoms with Crippen LogP contribution in [-0.4, -0.2) is 9.78 Å². The molecule has 0 aliphatic rings. The van der Waals surface area contributed by atoms with Gasteiger partial charge in [-0.2, -0.15) is 5.10 Å². The van der Waals surface area contributed by atoms with Gasteiger partial charge in [-0.1, -0.05) is 6.07 Å². The first kappa shape index (κ1) is 10.8. The number of aromatic nitrogens is 2. The van der Waals surface area contributed by atoms with Crippen LogP contribution in [0.1, 0.15) is 11.3 Å². The SMILES string of the molecule is NCc1ccn(Cc2ccc(F)c(F)c2)n1. The zero-order valence-corrected chi connectivity index (χ0v) is 8.53. The summed E-state index contributed by atoms with van der Waals surface area (Å²) in [5, 5.41) is 4.15. The first-order chi connectivity index (χ1) is 7.69. The molecule has 84 valence electrons. The molecule has 2 N–H and O–H groups in total. The van der Waals surface area contributed by atoms with Gasteiger partial charge in [-0.25, -0.2) is 8.78 Å². The molecule has 0 spiro atoms. The molecule has 0 saturated heterocycles. The fraction of sp³-hybridized carbons (Fsp3) is 0.182. The molecule has 0 radical (unpaired) electrons. The van der Waals surface area contributed by atoms with E-state index < -0.39 is 11.6 Å². The van der Waals surface area contributed by atoms with E-state index in [0.717, 1.165) is 11.8 Å². The maximum atomic E-state index is 12.9. The summed E-state index contributed by atoms with van der Waals surface area (Å²) < 4.78 is 27.2. The van der Waals surface area contributed by atoms with E-state index in [2.05, 4.69) is 5.10 Å². The fourth-order valence-corrected chi connectivity index (χ4v) is 1.43. The van der Waals surface area contributed by atoms with Crippen LogP contribution in [0, 0.1) is 11.6 Å². The van der Waals surface area contributed by atoms with E-state index in [1.165, 1.54) is 12.1 Å². The molecule has 5 heteroatoms. The standard InChI is InChI=1S/C11H11F2N3/c12-10-2-1-8(5-11(10)13)7-16-4-3-9(6-14)15-16/h1-5H,6-7,14H2. The van der Waals surface area contributed by atoms with Crippen molar-refractivity contribution in [2.45, 2.75) is 13.1 Å². The third kappa shape index (κ3) is 2.25. The van der Waals surface area contributed by atoms with Gasteiger partial charge in [0.05, 0.1) is 12.2 Å². The quantitative estimate of drug-likeness (QED) is 0.860. The van der Waals surface area contributed by atoms with Crippen LogP contribution in [0.5, 0.6) is 0 Å². The monoisotopic (exact) mass is 223 g/mol. The number of benzene rings is 1. The fourth-order valence-electron chi connectivity index (χ4n) is 1.43. The van der Waals surface area contributed by atoms with Crippen molar-refractivity contribution in [3.05, 3.63) is 53.4 Å². The molecule has 0 fully saturated rings. The van der Waals surface area contributed by atoms with Gasteiger partial charge < -0.3 is 5.73 Å². The number of nitrogens with zero attached hydrogens (tertiary/aromatic N) is 2. The van der Waals surface area contributed by atoms with Gasteiger partial charge in [0.2, 0.25) is 0 Å². The van der Waals surface area contributed by atoms with E-state index in [-0.39, 0.29) is 0 Å². The summed E-state index contributed by atoms with van der Waals surface area (Å²) in [4.78, 5) is 0. The van der Waals surface area contributed by atoms with Crippen LogP contribution < -0.4 is 5.73 Å². The van der Waals surface area contributed by atoms with Crippen molar-refractivity contribution in [3.8, 4) is 0 Å². The zero-order chi connectivity index (χ0) is 11.5. The molecule has 0 saturated carbocycles. The molecule has 0 amide bonds. The molecule has 1 heterocycles. The van der Waals surface area contributed by atoms with Crippen LogP contribution in [0.15, 0.2) is 30.5 Å². The van der Waals surface area contributed by atoms with Gasteiger partial charge in [0, 0.05) is 12.7 Å². The van der Waals surface area contributed by atoms with Gasteiger partial charge in [0.25, 0.3) is 0 Å². The van der Waals surface area contributed by atoms with Crippen LogP contribution in [0.25, 0.3) is 0 Å². The lowest BCUT2D eigenvalue weighted by atomic mass is 10.2.